The molecular weight excluding hydrogens is 348 g/mol. The number of anilines is 4. The van der Waals surface area contributed by atoms with Crippen molar-refractivity contribution in [2.24, 2.45) is 10.8 Å². The number of hydrogen-bond donors (Lipinski definition) is 2. The van der Waals surface area contributed by atoms with Crippen LogP contribution in [0.25, 0.3) is 0 Å². The molecule has 2 fully saturated rings. The predicted octanol–water partition coefficient (Wildman–Crippen LogP) is 4.49. The quantitative estimate of drug-likeness (QED) is 0.830. The summed E-state index contributed by atoms with van der Waals surface area (Å²) in [5.41, 5.74) is 7.73. The monoisotopic (exact) mass is 373 g/mol. The summed E-state index contributed by atoms with van der Waals surface area (Å²) in [7, 11) is 0. The molecule has 4 rings (SSSR count). The fourth-order valence-electron chi connectivity index (χ4n) is 5.13. The van der Waals surface area contributed by atoms with Crippen molar-refractivity contribution in [3.8, 4) is 0 Å². The molecule has 2 heterocycles. The Morgan fingerprint density at radius 2 is 1.93 bits per heavy atom. The number of nitrogen functional groups attached to an aromatic ring is 1. The molecule has 3 N–H and O–H groups in total. The fourth-order valence-corrected chi connectivity index (χ4v) is 5.13. The molecule has 1 aromatic carbocycles. The van der Waals surface area contributed by atoms with Crippen LogP contribution in [0.4, 0.5) is 31.8 Å². The Labute approximate surface area is 158 Å². The summed E-state index contributed by atoms with van der Waals surface area (Å²) < 4.78 is 26.6. The van der Waals surface area contributed by atoms with Crippen molar-refractivity contribution in [1.29, 1.82) is 0 Å². The average molecular weight is 373 g/mol. The summed E-state index contributed by atoms with van der Waals surface area (Å²) in [6.07, 6.45) is 4.87. The van der Waals surface area contributed by atoms with Crippen LogP contribution < -0.4 is 16.0 Å². The molecule has 2 aromatic rings. The number of benzene rings is 1. The lowest BCUT2D eigenvalue weighted by atomic mass is 9.65. The molecule has 2 bridgehead atoms. The lowest BCUT2D eigenvalue weighted by Crippen LogP contribution is -2.35. The highest BCUT2D eigenvalue weighted by molar-refractivity contribution is 5.78. The summed E-state index contributed by atoms with van der Waals surface area (Å²) in [5, 5.41) is 2.98. The van der Waals surface area contributed by atoms with Crippen LogP contribution in [-0.2, 0) is 0 Å². The van der Waals surface area contributed by atoms with Crippen LogP contribution in [0.3, 0.4) is 0 Å². The molecule has 0 radical (unpaired) electrons. The van der Waals surface area contributed by atoms with E-state index in [0.29, 0.717) is 34.5 Å². The predicted molar refractivity (Wildman–Crippen MR) is 103 cm³/mol. The van der Waals surface area contributed by atoms with Crippen LogP contribution in [0.1, 0.15) is 40.0 Å². The molecule has 1 aromatic heterocycles. The standard InChI is InChI=1S/C20H25F2N5/c1-19(2)7-13-8-20(3,9-19)10-27(13)18-16(23)17(24-11-25-18)26-12-4-5-14(21)15(22)6-12/h4-6,11,13H,7-10,23H2,1-3H3,(H,24,25,26). The number of rotatable bonds is 3. The number of aromatic nitrogens is 2. The highest BCUT2D eigenvalue weighted by atomic mass is 19.2. The highest BCUT2D eigenvalue weighted by Gasteiger charge is 2.50. The van der Waals surface area contributed by atoms with E-state index in [-0.39, 0.29) is 5.41 Å². The zero-order valence-corrected chi connectivity index (χ0v) is 15.9. The van der Waals surface area contributed by atoms with Crippen molar-refractivity contribution in [1.82, 2.24) is 9.97 Å². The highest BCUT2D eigenvalue weighted by Crippen LogP contribution is 2.54. The third-order valence-electron chi connectivity index (χ3n) is 5.73. The molecule has 1 saturated carbocycles. The molecule has 1 aliphatic carbocycles. The maximum absolute atomic E-state index is 13.5. The fraction of sp³-hybridized carbons (Fsp3) is 0.500. The Bertz CT molecular complexity index is 885. The second kappa shape index (κ2) is 6.04. The first-order chi connectivity index (χ1) is 12.7. The SMILES string of the molecule is CC1(C)CC2CC(C)(CN2c2ncnc(Nc3ccc(F)c(F)c3)c2N)C1. The summed E-state index contributed by atoms with van der Waals surface area (Å²) >= 11 is 0. The number of fused-ring (bicyclic) bond motifs is 2. The normalized spacial score (nSPS) is 26.3. The van der Waals surface area contributed by atoms with Crippen molar-refractivity contribution in [3.05, 3.63) is 36.2 Å². The van der Waals surface area contributed by atoms with Crippen molar-refractivity contribution in [3.63, 3.8) is 0 Å². The zero-order chi connectivity index (χ0) is 19.4. The van der Waals surface area contributed by atoms with E-state index < -0.39 is 11.6 Å². The Morgan fingerprint density at radius 3 is 2.67 bits per heavy atom. The van der Waals surface area contributed by atoms with E-state index in [4.69, 9.17) is 5.73 Å². The smallest absolute Gasteiger partial charge is 0.160 e. The molecule has 1 saturated heterocycles. The average Bonchev–Trinajstić information content (AvgIpc) is 2.82. The van der Waals surface area contributed by atoms with Crippen LogP contribution in [0.2, 0.25) is 0 Å². The molecule has 144 valence electrons. The molecule has 2 atom stereocenters. The lowest BCUT2D eigenvalue weighted by molar-refractivity contribution is 0.136. The van der Waals surface area contributed by atoms with Gasteiger partial charge in [-0.15, -0.1) is 0 Å². The minimum Gasteiger partial charge on any atom is -0.393 e. The Morgan fingerprint density at radius 1 is 1.15 bits per heavy atom. The van der Waals surface area contributed by atoms with Gasteiger partial charge in [0.25, 0.3) is 0 Å². The van der Waals surface area contributed by atoms with Crippen LogP contribution >= 0.6 is 0 Å². The van der Waals surface area contributed by atoms with Crippen molar-refractivity contribution >= 4 is 23.0 Å². The van der Waals surface area contributed by atoms with Gasteiger partial charge in [-0.05, 0) is 42.2 Å². The number of hydrogen-bond acceptors (Lipinski definition) is 5. The summed E-state index contributed by atoms with van der Waals surface area (Å²) in [5.74, 6) is -0.702. The minimum atomic E-state index is -0.920. The van der Waals surface area contributed by atoms with Gasteiger partial charge in [0, 0.05) is 24.3 Å². The van der Waals surface area contributed by atoms with E-state index in [1.54, 1.807) is 0 Å². The first-order valence-electron chi connectivity index (χ1n) is 9.25. The van der Waals surface area contributed by atoms with E-state index in [1.807, 2.05) is 0 Å². The van der Waals surface area contributed by atoms with Crippen molar-refractivity contribution < 1.29 is 8.78 Å². The first kappa shape index (κ1) is 17.9. The molecule has 0 amide bonds. The van der Waals surface area contributed by atoms with Gasteiger partial charge in [-0.3, -0.25) is 0 Å². The van der Waals surface area contributed by atoms with Crippen LogP contribution in [0.5, 0.6) is 0 Å². The molecule has 2 aliphatic rings. The summed E-state index contributed by atoms with van der Waals surface area (Å²) in [6.45, 7) is 7.88. The summed E-state index contributed by atoms with van der Waals surface area (Å²) in [4.78, 5) is 10.9. The third-order valence-corrected chi connectivity index (χ3v) is 5.73. The van der Waals surface area contributed by atoms with Crippen LogP contribution in [0.15, 0.2) is 24.5 Å². The van der Waals surface area contributed by atoms with E-state index >= 15 is 0 Å². The second-order valence-corrected chi connectivity index (χ2v) is 9.06. The van der Waals surface area contributed by atoms with Gasteiger partial charge >= 0.3 is 0 Å². The lowest BCUT2D eigenvalue weighted by Gasteiger charge is -2.39. The number of halogens is 2. The Balaban J connectivity index is 1.64. The number of nitrogens with zero attached hydrogens (tertiary/aromatic N) is 3. The van der Waals surface area contributed by atoms with Gasteiger partial charge in [0.2, 0.25) is 0 Å². The van der Waals surface area contributed by atoms with Gasteiger partial charge in [0.05, 0.1) is 0 Å². The van der Waals surface area contributed by atoms with Gasteiger partial charge < -0.3 is 16.0 Å². The van der Waals surface area contributed by atoms with Gasteiger partial charge in [-0.2, -0.15) is 0 Å². The van der Waals surface area contributed by atoms with Crippen LogP contribution in [-0.4, -0.2) is 22.6 Å². The van der Waals surface area contributed by atoms with Gasteiger partial charge in [0.15, 0.2) is 23.3 Å². The molecule has 27 heavy (non-hydrogen) atoms. The zero-order valence-electron chi connectivity index (χ0n) is 15.9. The Kier molecular flexibility index (Phi) is 4.01. The third kappa shape index (κ3) is 3.31. The van der Waals surface area contributed by atoms with Crippen molar-refractivity contribution in [2.75, 3.05) is 22.5 Å². The van der Waals surface area contributed by atoms with E-state index in [0.717, 1.165) is 31.5 Å². The maximum Gasteiger partial charge on any atom is 0.160 e. The van der Waals surface area contributed by atoms with E-state index in [9.17, 15) is 8.78 Å². The Hall–Kier alpha value is -2.44. The molecular formula is C20H25F2N5. The first-order valence-corrected chi connectivity index (χ1v) is 9.25. The molecule has 2 unspecified atom stereocenters. The molecule has 0 spiro atoms. The van der Waals surface area contributed by atoms with Gasteiger partial charge in [-0.25, -0.2) is 18.7 Å². The summed E-state index contributed by atoms with van der Waals surface area (Å²) in [6, 6.07) is 4.00. The number of nitrogens with two attached hydrogens (primary N) is 1. The van der Waals surface area contributed by atoms with Crippen molar-refractivity contribution in [2.45, 2.75) is 46.1 Å². The van der Waals surface area contributed by atoms with E-state index in [2.05, 4.69) is 41.0 Å². The van der Waals surface area contributed by atoms with Gasteiger partial charge in [0.1, 0.15) is 12.0 Å². The second-order valence-electron chi connectivity index (χ2n) is 9.06. The topological polar surface area (TPSA) is 67.1 Å². The minimum absolute atomic E-state index is 0.248. The molecule has 7 heteroatoms. The van der Waals surface area contributed by atoms with E-state index in [1.165, 1.54) is 18.8 Å². The number of nitrogens with one attached hydrogen (secondary N) is 1. The van der Waals surface area contributed by atoms with Crippen LogP contribution in [0, 0.1) is 22.5 Å². The maximum atomic E-state index is 13.5. The molecule has 5 nitrogen and oxygen atoms in total. The molecule has 1 aliphatic heterocycles. The largest absolute Gasteiger partial charge is 0.393 e. The van der Waals surface area contributed by atoms with Gasteiger partial charge in [-0.1, -0.05) is 20.8 Å².